The van der Waals surface area contributed by atoms with Crippen molar-refractivity contribution in [2.45, 2.75) is 19.8 Å². The van der Waals surface area contributed by atoms with Gasteiger partial charge in [-0.15, -0.1) is 11.3 Å². The van der Waals surface area contributed by atoms with Crippen LogP contribution in [0.25, 0.3) is 10.2 Å². The topological polar surface area (TPSA) is 79.5 Å². The molecule has 2 heterocycles. The van der Waals surface area contributed by atoms with Gasteiger partial charge in [0.1, 0.15) is 4.88 Å². The lowest BCUT2D eigenvalue weighted by atomic mass is 10.1. The SMILES string of the molecule is CC(C)c1cn(C(=O)O)c2cc(C(=O)O)sc12. The largest absolute Gasteiger partial charge is 0.477 e. The molecule has 0 spiro atoms. The Balaban J connectivity index is 2.76. The van der Waals surface area contributed by atoms with Crippen molar-refractivity contribution in [3.63, 3.8) is 0 Å². The van der Waals surface area contributed by atoms with E-state index < -0.39 is 12.1 Å². The second-order valence-corrected chi connectivity index (χ2v) is 5.07. The van der Waals surface area contributed by atoms with Gasteiger partial charge in [0.25, 0.3) is 0 Å². The summed E-state index contributed by atoms with van der Waals surface area (Å²) in [4.78, 5) is 22.1. The van der Waals surface area contributed by atoms with Gasteiger partial charge in [0.05, 0.1) is 10.2 Å². The molecule has 0 fully saturated rings. The third-order valence-electron chi connectivity index (χ3n) is 2.54. The fourth-order valence-corrected chi connectivity index (χ4v) is 2.86. The van der Waals surface area contributed by atoms with Crippen LogP contribution in [0.5, 0.6) is 0 Å². The molecule has 2 aromatic heterocycles. The van der Waals surface area contributed by atoms with Crippen molar-refractivity contribution in [2.75, 3.05) is 0 Å². The first-order valence-corrected chi connectivity index (χ1v) is 5.85. The van der Waals surface area contributed by atoms with Gasteiger partial charge in [-0.25, -0.2) is 9.59 Å². The minimum absolute atomic E-state index is 0.151. The normalized spacial score (nSPS) is 11.2. The van der Waals surface area contributed by atoms with E-state index in [2.05, 4.69) is 0 Å². The molecule has 0 saturated heterocycles. The summed E-state index contributed by atoms with van der Waals surface area (Å²) in [6.45, 7) is 3.89. The summed E-state index contributed by atoms with van der Waals surface area (Å²) in [6.07, 6.45) is 0.455. The van der Waals surface area contributed by atoms with E-state index in [0.29, 0.717) is 5.52 Å². The van der Waals surface area contributed by atoms with Crippen LogP contribution in [-0.4, -0.2) is 26.8 Å². The van der Waals surface area contributed by atoms with Crippen LogP contribution in [0.4, 0.5) is 4.79 Å². The average molecular weight is 253 g/mol. The number of nitrogens with zero attached hydrogens (tertiary/aromatic N) is 1. The quantitative estimate of drug-likeness (QED) is 0.862. The predicted octanol–water partition coefficient (Wildman–Crippen LogP) is 3.05. The molecular formula is C11H11NO4S. The molecule has 0 saturated carbocycles. The molecule has 0 aromatic carbocycles. The van der Waals surface area contributed by atoms with Gasteiger partial charge in [0.2, 0.25) is 0 Å². The van der Waals surface area contributed by atoms with Gasteiger partial charge >= 0.3 is 12.1 Å². The molecular weight excluding hydrogens is 242 g/mol. The number of rotatable bonds is 2. The zero-order valence-electron chi connectivity index (χ0n) is 9.30. The van der Waals surface area contributed by atoms with Crippen LogP contribution in [0.15, 0.2) is 12.3 Å². The molecule has 0 aliphatic heterocycles. The van der Waals surface area contributed by atoms with Crippen LogP contribution in [0.1, 0.15) is 35.0 Å². The molecule has 90 valence electrons. The first-order chi connectivity index (χ1) is 7.91. The van der Waals surface area contributed by atoms with Gasteiger partial charge in [-0.2, -0.15) is 0 Å². The Kier molecular flexibility index (Phi) is 2.66. The zero-order valence-corrected chi connectivity index (χ0v) is 10.1. The van der Waals surface area contributed by atoms with Gasteiger partial charge in [0.15, 0.2) is 0 Å². The Labute approximate surface area is 101 Å². The fourth-order valence-electron chi connectivity index (χ4n) is 1.71. The summed E-state index contributed by atoms with van der Waals surface area (Å²) >= 11 is 1.11. The van der Waals surface area contributed by atoms with Crippen LogP contribution >= 0.6 is 11.3 Å². The minimum atomic E-state index is -1.10. The molecule has 0 radical (unpaired) electrons. The van der Waals surface area contributed by atoms with E-state index in [4.69, 9.17) is 10.2 Å². The first-order valence-electron chi connectivity index (χ1n) is 5.03. The number of carboxylic acids is 1. The van der Waals surface area contributed by atoms with E-state index in [-0.39, 0.29) is 10.8 Å². The Morgan fingerprint density at radius 1 is 1.35 bits per heavy atom. The van der Waals surface area contributed by atoms with E-state index in [1.54, 1.807) is 6.20 Å². The highest BCUT2D eigenvalue weighted by Crippen LogP contribution is 2.34. The Morgan fingerprint density at radius 2 is 2.00 bits per heavy atom. The van der Waals surface area contributed by atoms with E-state index >= 15 is 0 Å². The molecule has 6 heteroatoms. The standard InChI is InChI=1S/C11H11NO4S/c1-5(2)6-4-12(11(15)16)7-3-8(10(13)14)17-9(6)7/h3-5H,1-2H3,(H,13,14)(H,15,16). The third kappa shape index (κ3) is 1.80. The van der Waals surface area contributed by atoms with E-state index in [0.717, 1.165) is 26.2 Å². The van der Waals surface area contributed by atoms with Crippen LogP contribution in [0.2, 0.25) is 0 Å². The molecule has 2 N–H and O–H groups in total. The van der Waals surface area contributed by atoms with Gasteiger partial charge in [0, 0.05) is 6.20 Å². The lowest BCUT2D eigenvalue weighted by Gasteiger charge is -1.99. The Morgan fingerprint density at radius 3 is 2.47 bits per heavy atom. The molecule has 2 aromatic rings. The molecule has 0 unspecified atom stereocenters. The molecule has 0 atom stereocenters. The Bertz CT molecular complexity index is 608. The molecule has 0 aliphatic carbocycles. The fraction of sp³-hybridized carbons (Fsp3) is 0.273. The van der Waals surface area contributed by atoms with Crippen molar-refractivity contribution in [3.05, 3.63) is 22.7 Å². The molecule has 0 bridgehead atoms. The van der Waals surface area contributed by atoms with E-state index in [1.165, 1.54) is 6.07 Å². The number of thiophene rings is 1. The summed E-state index contributed by atoms with van der Waals surface area (Å²) in [5.74, 6) is -0.878. The monoisotopic (exact) mass is 253 g/mol. The lowest BCUT2D eigenvalue weighted by Crippen LogP contribution is -2.05. The zero-order chi connectivity index (χ0) is 12.7. The van der Waals surface area contributed by atoms with Gasteiger partial charge in [-0.05, 0) is 17.5 Å². The second kappa shape index (κ2) is 3.89. The van der Waals surface area contributed by atoms with Crippen LogP contribution in [-0.2, 0) is 0 Å². The average Bonchev–Trinajstić information content (AvgIpc) is 2.72. The number of carboxylic acid groups (broad SMARTS) is 2. The number of aromatic nitrogens is 1. The number of hydrogen-bond acceptors (Lipinski definition) is 3. The molecule has 0 aliphatic rings. The molecule has 0 amide bonds. The van der Waals surface area contributed by atoms with Crippen LogP contribution in [0.3, 0.4) is 0 Å². The van der Waals surface area contributed by atoms with Crippen molar-refractivity contribution >= 4 is 33.6 Å². The summed E-state index contributed by atoms with van der Waals surface area (Å²) in [5.41, 5.74) is 1.31. The first kappa shape index (κ1) is 11.7. The number of hydrogen-bond donors (Lipinski definition) is 2. The molecule has 17 heavy (non-hydrogen) atoms. The van der Waals surface area contributed by atoms with E-state index in [1.807, 2.05) is 13.8 Å². The third-order valence-corrected chi connectivity index (χ3v) is 3.70. The summed E-state index contributed by atoms with van der Waals surface area (Å²) in [7, 11) is 0. The lowest BCUT2D eigenvalue weighted by molar-refractivity contribution is 0.0702. The summed E-state index contributed by atoms with van der Waals surface area (Å²) in [6, 6.07) is 1.41. The minimum Gasteiger partial charge on any atom is -0.477 e. The highest BCUT2D eigenvalue weighted by molar-refractivity contribution is 7.21. The highest BCUT2D eigenvalue weighted by atomic mass is 32.1. The maximum atomic E-state index is 11.1. The van der Waals surface area contributed by atoms with Gasteiger partial charge in [-0.3, -0.25) is 4.57 Å². The summed E-state index contributed by atoms with van der Waals surface area (Å²) in [5, 5.41) is 18.0. The second-order valence-electron chi connectivity index (χ2n) is 4.02. The summed E-state index contributed by atoms with van der Waals surface area (Å²) < 4.78 is 1.81. The van der Waals surface area contributed by atoms with Crippen LogP contribution < -0.4 is 0 Å². The van der Waals surface area contributed by atoms with Crippen molar-refractivity contribution in [1.29, 1.82) is 0 Å². The number of carbonyl (C=O) groups is 2. The van der Waals surface area contributed by atoms with Crippen LogP contribution in [0, 0.1) is 0 Å². The van der Waals surface area contributed by atoms with Crippen molar-refractivity contribution in [2.24, 2.45) is 0 Å². The van der Waals surface area contributed by atoms with Crippen molar-refractivity contribution in [1.82, 2.24) is 4.57 Å². The van der Waals surface area contributed by atoms with Crippen molar-refractivity contribution in [3.8, 4) is 0 Å². The van der Waals surface area contributed by atoms with Gasteiger partial charge < -0.3 is 10.2 Å². The molecule has 2 rings (SSSR count). The number of fused-ring (bicyclic) bond motifs is 1. The molecule has 5 nitrogen and oxygen atoms in total. The van der Waals surface area contributed by atoms with Gasteiger partial charge in [-0.1, -0.05) is 13.8 Å². The smallest absolute Gasteiger partial charge is 0.416 e. The number of aromatic carboxylic acids is 1. The maximum Gasteiger partial charge on any atom is 0.416 e. The van der Waals surface area contributed by atoms with Crippen molar-refractivity contribution < 1.29 is 19.8 Å². The Hall–Kier alpha value is -1.82. The highest BCUT2D eigenvalue weighted by Gasteiger charge is 2.19. The predicted molar refractivity (Wildman–Crippen MR) is 64.3 cm³/mol. The van der Waals surface area contributed by atoms with E-state index in [9.17, 15) is 9.59 Å². The maximum absolute atomic E-state index is 11.1.